The fourth-order valence-electron chi connectivity index (χ4n) is 4.54. The second-order valence-corrected chi connectivity index (χ2v) is 8.91. The largest absolute Gasteiger partial charge is 0.360 e. The van der Waals surface area contributed by atoms with Gasteiger partial charge in [0.2, 0.25) is 0 Å². The van der Waals surface area contributed by atoms with Crippen LogP contribution in [0.4, 0.5) is 4.39 Å². The number of hydrogen-bond acceptors (Lipinski definition) is 5. The molecular formula is C27H25FN6O4. The summed E-state index contributed by atoms with van der Waals surface area (Å²) in [6.45, 7) is 1.23. The van der Waals surface area contributed by atoms with E-state index >= 15 is 0 Å². The molecule has 194 valence electrons. The zero-order valence-electron chi connectivity index (χ0n) is 20.4. The van der Waals surface area contributed by atoms with Gasteiger partial charge in [0.05, 0.1) is 23.0 Å². The van der Waals surface area contributed by atoms with Crippen molar-refractivity contribution in [3.05, 3.63) is 89.4 Å². The number of aromatic nitrogens is 3. The minimum atomic E-state index is -0.880. The van der Waals surface area contributed by atoms with Crippen LogP contribution in [0.3, 0.4) is 0 Å². The maximum atomic E-state index is 14.8. The number of imidazole rings is 1. The Morgan fingerprint density at radius 3 is 2.37 bits per heavy atom. The van der Waals surface area contributed by atoms with E-state index in [1.54, 1.807) is 41.7 Å². The average Bonchev–Trinajstić information content (AvgIpc) is 3.64. The fourth-order valence-corrected chi connectivity index (χ4v) is 4.54. The van der Waals surface area contributed by atoms with E-state index in [2.05, 4.69) is 20.3 Å². The Kier molecular flexibility index (Phi) is 6.98. The number of H-pyrrole nitrogens is 2. The molecule has 10 nitrogen and oxygen atoms in total. The number of aromatic amines is 2. The molecule has 1 fully saturated rings. The van der Waals surface area contributed by atoms with E-state index in [-0.39, 0.29) is 54.1 Å². The van der Waals surface area contributed by atoms with Gasteiger partial charge in [-0.3, -0.25) is 19.2 Å². The van der Waals surface area contributed by atoms with Gasteiger partial charge in [-0.05, 0) is 24.3 Å². The lowest BCUT2D eigenvalue weighted by Crippen LogP contribution is -2.52. The summed E-state index contributed by atoms with van der Waals surface area (Å²) in [7, 11) is 0. The number of rotatable bonds is 7. The molecule has 0 saturated carbocycles. The molecule has 1 aliphatic rings. The molecule has 1 saturated heterocycles. The van der Waals surface area contributed by atoms with Crippen LogP contribution in [-0.2, 0) is 11.2 Å². The molecule has 38 heavy (non-hydrogen) atoms. The Morgan fingerprint density at radius 1 is 0.921 bits per heavy atom. The third-order valence-electron chi connectivity index (χ3n) is 6.58. The number of carbonyl (C=O) groups is 4. The number of nitrogens with zero attached hydrogens (tertiary/aromatic N) is 3. The van der Waals surface area contributed by atoms with Crippen LogP contribution in [0.25, 0.3) is 10.9 Å². The Hall–Kier alpha value is -4.80. The maximum absolute atomic E-state index is 14.8. The van der Waals surface area contributed by atoms with Gasteiger partial charge in [-0.2, -0.15) is 0 Å². The molecular weight excluding hydrogens is 491 g/mol. The van der Waals surface area contributed by atoms with Crippen LogP contribution in [-0.4, -0.2) is 81.0 Å². The van der Waals surface area contributed by atoms with Gasteiger partial charge >= 0.3 is 0 Å². The highest BCUT2D eigenvalue weighted by Gasteiger charge is 2.31. The number of nitrogens with one attached hydrogen (secondary N) is 3. The minimum Gasteiger partial charge on any atom is -0.360 e. The van der Waals surface area contributed by atoms with Crippen molar-refractivity contribution in [1.29, 1.82) is 0 Å². The summed E-state index contributed by atoms with van der Waals surface area (Å²) in [4.78, 5) is 64.2. The molecule has 0 aliphatic carbocycles. The quantitative estimate of drug-likeness (QED) is 0.256. The molecule has 0 bridgehead atoms. The average molecular weight is 517 g/mol. The molecule has 0 radical (unpaired) electrons. The van der Waals surface area contributed by atoms with Crippen LogP contribution in [0.1, 0.15) is 36.8 Å². The van der Waals surface area contributed by atoms with Gasteiger partial charge in [-0.15, -0.1) is 0 Å². The Morgan fingerprint density at radius 2 is 1.66 bits per heavy atom. The third kappa shape index (κ3) is 4.90. The number of benzene rings is 2. The van der Waals surface area contributed by atoms with E-state index < -0.39 is 23.4 Å². The van der Waals surface area contributed by atoms with Crippen molar-refractivity contribution >= 4 is 34.4 Å². The summed E-state index contributed by atoms with van der Waals surface area (Å²) in [5.41, 5.74) is 1.56. The van der Waals surface area contributed by atoms with Gasteiger partial charge in [-0.25, -0.2) is 9.37 Å². The Labute approximate surface area is 216 Å². The summed E-state index contributed by atoms with van der Waals surface area (Å²) < 4.78 is 14.8. The van der Waals surface area contributed by atoms with E-state index in [1.165, 1.54) is 17.2 Å². The number of ketones is 1. The fraction of sp³-hybridized carbons (Fsp3) is 0.222. The number of amides is 3. The summed E-state index contributed by atoms with van der Waals surface area (Å²) in [5.74, 6) is -2.97. The van der Waals surface area contributed by atoms with Gasteiger partial charge in [0.15, 0.2) is 0 Å². The van der Waals surface area contributed by atoms with Crippen LogP contribution in [0.2, 0.25) is 0 Å². The molecule has 2 aromatic heterocycles. The first-order chi connectivity index (χ1) is 18.4. The number of fused-ring (bicyclic) bond motifs is 1. The Bertz CT molecular complexity index is 1490. The number of halogens is 1. The molecule has 3 N–H and O–H groups in total. The first-order valence-electron chi connectivity index (χ1n) is 12.2. The van der Waals surface area contributed by atoms with Crippen LogP contribution < -0.4 is 5.32 Å². The van der Waals surface area contributed by atoms with Crippen molar-refractivity contribution in [1.82, 2.24) is 30.1 Å². The number of Topliss-reactive ketones (excluding diaryl/α,β-unsaturated/α-hetero) is 1. The van der Waals surface area contributed by atoms with E-state index in [1.807, 2.05) is 6.07 Å². The first kappa shape index (κ1) is 24.9. The number of carbonyl (C=O) groups excluding carboxylic acids is 4. The van der Waals surface area contributed by atoms with Crippen molar-refractivity contribution in [3.8, 4) is 0 Å². The van der Waals surface area contributed by atoms with E-state index in [4.69, 9.17) is 0 Å². The molecule has 11 heteroatoms. The monoisotopic (exact) mass is 516 g/mol. The summed E-state index contributed by atoms with van der Waals surface area (Å²) in [6, 6.07) is 11.3. The van der Waals surface area contributed by atoms with Crippen LogP contribution in [0.5, 0.6) is 0 Å². The van der Waals surface area contributed by atoms with Crippen molar-refractivity contribution in [2.75, 3.05) is 32.7 Å². The van der Waals surface area contributed by atoms with Crippen LogP contribution in [0, 0.1) is 5.82 Å². The predicted octanol–water partition coefficient (Wildman–Crippen LogP) is 2.17. The summed E-state index contributed by atoms with van der Waals surface area (Å²) >= 11 is 0. The van der Waals surface area contributed by atoms with Gasteiger partial charge in [0.25, 0.3) is 23.5 Å². The molecule has 0 spiro atoms. The smallest absolute Gasteiger partial charge is 0.295 e. The predicted molar refractivity (Wildman–Crippen MR) is 136 cm³/mol. The highest BCUT2D eigenvalue weighted by molar-refractivity contribution is 6.45. The van der Waals surface area contributed by atoms with Crippen molar-refractivity contribution in [2.24, 2.45) is 0 Å². The van der Waals surface area contributed by atoms with Gasteiger partial charge in [0.1, 0.15) is 5.82 Å². The highest BCUT2D eigenvalue weighted by atomic mass is 19.1. The minimum absolute atomic E-state index is 0.109. The van der Waals surface area contributed by atoms with Crippen molar-refractivity contribution < 1.29 is 23.6 Å². The zero-order valence-corrected chi connectivity index (χ0v) is 20.4. The second-order valence-electron chi connectivity index (χ2n) is 8.91. The topological polar surface area (TPSA) is 131 Å². The van der Waals surface area contributed by atoms with Crippen molar-refractivity contribution in [2.45, 2.75) is 6.42 Å². The van der Waals surface area contributed by atoms with Gasteiger partial charge in [-0.1, -0.05) is 18.2 Å². The number of piperazine rings is 1. The summed E-state index contributed by atoms with van der Waals surface area (Å²) in [6.07, 6.45) is 4.99. The molecule has 3 amide bonds. The summed E-state index contributed by atoms with van der Waals surface area (Å²) in [5, 5.41) is 2.66. The standard InChI is InChI=1S/C27H25FN6O4/c28-21-7-6-19(25(36)30-9-8-18-14-29-16-32-18)23-22(21)20(15-31-23)24(35)27(38)34-12-10-33(11-13-34)26(37)17-4-2-1-3-5-17/h1-7,14-16,31H,8-13H2,(H,29,32)(H,30,36). The molecule has 2 aromatic carbocycles. The first-order valence-corrected chi connectivity index (χ1v) is 12.2. The molecule has 3 heterocycles. The number of hydrogen-bond donors (Lipinski definition) is 3. The molecule has 0 atom stereocenters. The normalized spacial score (nSPS) is 13.5. The van der Waals surface area contributed by atoms with Crippen LogP contribution >= 0.6 is 0 Å². The molecule has 4 aromatic rings. The van der Waals surface area contributed by atoms with Crippen molar-refractivity contribution in [3.63, 3.8) is 0 Å². The Balaban J connectivity index is 1.27. The van der Waals surface area contributed by atoms with Gasteiger partial charge in [0, 0.05) is 68.2 Å². The van der Waals surface area contributed by atoms with E-state index in [0.29, 0.717) is 18.5 Å². The van der Waals surface area contributed by atoms with E-state index in [0.717, 1.165) is 11.8 Å². The zero-order chi connectivity index (χ0) is 26.6. The maximum Gasteiger partial charge on any atom is 0.295 e. The highest BCUT2D eigenvalue weighted by Crippen LogP contribution is 2.26. The lowest BCUT2D eigenvalue weighted by Gasteiger charge is -2.34. The molecule has 0 unspecified atom stereocenters. The molecule has 5 rings (SSSR count). The SMILES string of the molecule is O=C(NCCc1cnc[nH]1)c1ccc(F)c2c(C(=O)C(=O)N3CCN(C(=O)c4ccccc4)CC3)c[nH]c12. The second kappa shape index (κ2) is 10.7. The third-order valence-corrected chi connectivity index (χ3v) is 6.58. The van der Waals surface area contributed by atoms with Gasteiger partial charge < -0.3 is 25.1 Å². The molecule has 1 aliphatic heterocycles. The lowest BCUT2D eigenvalue weighted by molar-refractivity contribution is -0.127. The van der Waals surface area contributed by atoms with Crippen LogP contribution in [0.15, 0.2) is 61.2 Å². The lowest BCUT2D eigenvalue weighted by atomic mass is 10.0. The van der Waals surface area contributed by atoms with E-state index in [9.17, 15) is 23.6 Å².